The summed E-state index contributed by atoms with van der Waals surface area (Å²) in [7, 11) is 5.80. The summed E-state index contributed by atoms with van der Waals surface area (Å²) in [5.41, 5.74) is 4.30. The predicted molar refractivity (Wildman–Crippen MR) is 328 cm³/mol. The van der Waals surface area contributed by atoms with Gasteiger partial charge in [0.25, 0.3) is 5.91 Å². The van der Waals surface area contributed by atoms with E-state index in [9.17, 15) is 38.7 Å². The number of rotatable bonds is 27. The molecule has 10 atom stereocenters. The molecule has 22 nitrogen and oxygen atoms in total. The normalized spacial score (nSPS) is 25.1. The predicted octanol–water partition coefficient (Wildman–Crippen LogP) is 6.54. The average molecular weight is 1330 g/mol. The summed E-state index contributed by atoms with van der Waals surface area (Å²) in [5, 5.41) is 27.6. The number of halogens is 3. The number of nitrogens with one attached hydrogen (secondary N) is 5. The lowest BCUT2D eigenvalue weighted by molar-refractivity contribution is -0.161. The van der Waals surface area contributed by atoms with Crippen LogP contribution in [0.1, 0.15) is 99.0 Å². The number of nitrogens with two attached hydrogens (primary N) is 1. The molecular formula is C59H87Br2ClN8O14. The third-order valence-electron chi connectivity index (χ3n) is 15.2. The zero-order valence-corrected chi connectivity index (χ0v) is 54.1. The summed E-state index contributed by atoms with van der Waals surface area (Å²) < 4.78 is 35.4. The van der Waals surface area contributed by atoms with Crippen LogP contribution in [0.4, 0.5) is 15.3 Å². The Hall–Kier alpha value is -5.34. The van der Waals surface area contributed by atoms with E-state index in [1.54, 1.807) is 45.1 Å². The highest BCUT2D eigenvalue weighted by Gasteiger charge is 2.64. The number of amides is 7. The Morgan fingerprint density at radius 3 is 2.39 bits per heavy atom. The number of allylic oxidation sites excluding steroid dienone is 6. The Morgan fingerprint density at radius 1 is 1.06 bits per heavy atom. The van der Waals surface area contributed by atoms with Crippen molar-refractivity contribution in [2.24, 2.45) is 17.6 Å². The molecule has 8 N–H and O–H groups in total. The van der Waals surface area contributed by atoms with Gasteiger partial charge in [-0.3, -0.25) is 24.5 Å². The van der Waals surface area contributed by atoms with Crippen LogP contribution >= 0.6 is 43.5 Å². The van der Waals surface area contributed by atoms with Crippen molar-refractivity contribution in [3.8, 4) is 5.75 Å². The number of hydrogen-bond donors (Lipinski definition) is 7. The van der Waals surface area contributed by atoms with Crippen molar-refractivity contribution in [1.82, 2.24) is 31.5 Å². The molecule has 0 unspecified atom stereocenters. The Bertz CT molecular complexity index is 2620. The number of hydrogen-bond acceptors (Lipinski definition) is 15. The molecule has 0 aliphatic carbocycles. The molecule has 2 saturated heterocycles. The van der Waals surface area contributed by atoms with Crippen molar-refractivity contribution in [3.05, 3.63) is 82.6 Å². The van der Waals surface area contributed by atoms with Gasteiger partial charge in [0, 0.05) is 68.6 Å². The van der Waals surface area contributed by atoms with Crippen LogP contribution in [0.3, 0.4) is 0 Å². The van der Waals surface area contributed by atoms with Gasteiger partial charge in [-0.2, -0.15) is 0 Å². The van der Waals surface area contributed by atoms with Crippen molar-refractivity contribution in [2.45, 2.75) is 160 Å². The van der Waals surface area contributed by atoms with Gasteiger partial charge in [-0.1, -0.05) is 101 Å². The van der Waals surface area contributed by atoms with Crippen LogP contribution in [0.5, 0.6) is 5.75 Å². The quantitative estimate of drug-likeness (QED) is 0.0123. The number of benzene rings is 1. The number of primary amides is 1. The fourth-order valence-corrected chi connectivity index (χ4v) is 11.6. The summed E-state index contributed by atoms with van der Waals surface area (Å²) in [6, 6.07) is -0.0913. The van der Waals surface area contributed by atoms with Crippen molar-refractivity contribution >= 4 is 90.9 Å². The van der Waals surface area contributed by atoms with Gasteiger partial charge in [0.1, 0.15) is 46.8 Å². The maximum Gasteiger partial charge on any atom is 0.409 e. The van der Waals surface area contributed by atoms with E-state index in [1.165, 1.54) is 58.4 Å². The number of anilines is 1. The van der Waals surface area contributed by atoms with Gasteiger partial charge in [0.15, 0.2) is 5.72 Å². The molecule has 3 heterocycles. The maximum absolute atomic E-state index is 14.5. The highest BCUT2D eigenvalue weighted by Crippen LogP contribution is 2.49. The van der Waals surface area contributed by atoms with Crippen molar-refractivity contribution in [1.29, 1.82) is 0 Å². The van der Waals surface area contributed by atoms with E-state index in [2.05, 4.69) is 65.0 Å². The molecule has 1 aromatic carbocycles. The first-order valence-corrected chi connectivity index (χ1v) is 30.8. The lowest BCUT2D eigenvalue weighted by Gasteiger charge is -2.42. The van der Waals surface area contributed by atoms with E-state index in [-0.39, 0.29) is 47.9 Å². The van der Waals surface area contributed by atoms with Crippen LogP contribution < -0.4 is 42.0 Å². The first-order chi connectivity index (χ1) is 39.7. The summed E-state index contributed by atoms with van der Waals surface area (Å²) in [4.78, 5) is 97.6. The van der Waals surface area contributed by atoms with Crippen LogP contribution in [0.15, 0.2) is 72.0 Å². The second-order valence-corrected chi connectivity index (χ2v) is 23.7. The van der Waals surface area contributed by atoms with E-state index in [1.807, 2.05) is 26.8 Å². The smallest absolute Gasteiger partial charge is 0.409 e. The zero-order chi connectivity index (χ0) is 62.6. The Labute approximate surface area is 516 Å². The maximum atomic E-state index is 14.5. The molecule has 84 heavy (non-hydrogen) atoms. The molecule has 3 aliphatic heterocycles. The minimum Gasteiger partial charge on any atom is -0.495 e. The van der Waals surface area contributed by atoms with Crippen LogP contribution in [0.2, 0.25) is 5.02 Å². The number of esters is 1. The highest BCUT2D eigenvalue weighted by molar-refractivity contribution is 9.09. The van der Waals surface area contributed by atoms with Gasteiger partial charge in [0.2, 0.25) is 17.7 Å². The summed E-state index contributed by atoms with van der Waals surface area (Å²) in [6.07, 6.45) is 7.43. The number of alkyl halides is 2. The van der Waals surface area contributed by atoms with Crippen LogP contribution in [0, 0.1) is 11.8 Å². The van der Waals surface area contributed by atoms with E-state index in [0.29, 0.717) is 43.1 Å². The molecule has 7 amide bonds. The number of nitrogens with zero attached hydrogens (tertiary/aromatic N) is 2. The fraction of sp³-hybridized carbons (Fsp3) is 0.610. The molecule has 0 radical (unpaired) electrons. The standard InChI is InChI=1S/C59H87Br2ClN8O14/c1-13-40(23-22-36(5)66-52(72)42(20-18-25-65-56(63)76)67-53(73)50(34(2)3)64-24-15-14-16-26-81-41(32-60)33-61)54(74)69(9)38(7)55(75)83-47-30-48(71)70(10)43-28-39(29-44(79-11)49(43)62)27-35(4)19-17-21-46(80-12)59(78)31-45(82-57(77)68-59)37(6)51-58(47,8)84-51/h13,17,19,21-23,28-29,34,37-38,41-42,45-47,50-51,64,78H,1,14-16,18,20,24-27,30-33H2,2-12H3,(H,66,72)(H,67,73)(H,68,77)(H3,63,65,76)/b21-17+,35-19+,36-22+,40-23+/t37-,38+,42+,45+,46-,47+,50+,51+,58+,59+/m1/s1. The van der Waals surface area contributed by atoms with Crippen molar-refractivity contribution < 1.29 is 67.1 Å². The molecule has 0 saturated carbocycles. The third-order valence-corrected chi connectivity index (χ3v) is 17.0. The van der Waals surface area contributed by atoms with Gasteiger partial charge < -0.3 is 70.3 Å². The molecule has 3 aliphatic rings. The zero-order valence-electron chi connectivity index (χ0n) is 50.2. The van der Waals surface area contributed by atoms with E-state index < -0.39 is 102 Å². The van der Waals surface area contributed by atoms with E-state index in [0.717, 1.165) is 46.0 Å². The van der Waals surface area contributed by atoms with Gasteiger partial charge >= 0.3 is 18.1 Å². The first kappa shape index (κ1) is 71.1. The molecule has 25 heteroatoms. The SMILES string of the molecule is C=C/C(=C\C=C(/C)NC(=O)[C@H](CCCNC(N)=O)NC(=O)[C@@H](NCCCCCOC(CBr)CBr)C(C)C)C(=O)N(C)[C@@H](C)C(=O)O[C@H]1CC(=O)N(C)c2cc(cc(OC)c2Cl)C/C(C)=C/C=C/[C@@H](OC)[C@@]2(O)C[C@H](OC(=O)N2)[C@@H](C)[C@@H]2O[C@@]12C. The van der Waals surface area contributed by atoms with Crippen molar-refractivity contribution in [3.63, 3.8) is 0 Å². The van der Waals surface area contributed by atoms with Crippen molar-refractivity contribution in [2.75, 3.05) is 63.6 Å². The Morgan fingerprint density at radius 2 is 1.76 bits per heavy atom. The average Bonchev–Trinajstić information content (AvgIpc) is 4.28. The number of carbonyl (C=O) groups excluding carboxylic acids is 7. The first-order valence-electron chi connectivity index (χ1n) is 28.2. The van der Waals surface area contributed by atoms with Gasteiger partial charge in [-0.15, -0.1) is 0 Å². The largest absolute Gasteiger partial charge is 0.495 e. The molecule has 0 aromatic heterocycles. The van der Waals surface area contributed by atoms with Gasteiger partial charge in [0.05, 0.1) is 37.5 Å². The number of epoxide rings is 1. The number of urea groups is 1. The molecule has 4 rings (SSSR count). The van der Waals surface area contributed by atoms with Crippen LogP contribution in [-0.2, 0) is 54.1 Å². The topological polar surface area (TPSA) is 291 Å². The molecule has 2 fully saturated rings. The van der Waals surface area contributed by atoms with Gasteiger partial charge in [-0.05, 0) is 109 Å². The number of likely N-dealkylation sites (N-methyl/N-ethyl adjacent to an activating group) is 1. The number of carbonyl (C=O) groups is 7. The second-order valence-electron chi connectivity index (χ2n) is 22.0. The van der Waals surface area contributed by atoms with E-state index >= 15 is 0 Å². The Kier molecular flexibility index (Phi) is 28.4. The second kappa shape index (κ2) is 33.5. The summed E-state index contributed by atoms with van der Waals surface area (Å²) in [6.45, 7) is 17.4. The van der Waals surface area contributed by atoms with Gasteiger partial charge in [-0.25, -0.2) is 14.4 Å². The summed E-state index contributed by atoms with van der Waals surface area (Å²) >= 11 is 13.7. The number of alkyl carbamates (subject to hydrolysis) is 1. The number of methoxy groups -OCH3 is 2. The number of fused-ring (bicyclic) bond motifs is 5. The number of aliphatic hydroxyl groups is 1. The number of ether oxygens (including phenoxy) is 6. The minimum absolute atomic E-state index is 0.0339. The van der Waals surface area contributed by atoms with E-state index in [4.69, 9.17) is 45.8 Å². The third kappa shape index (κ3) is 20.1. The minimum atomic E-state index is -1.90. The highest BCUT2D eigenvalue weighted by atomic mass is 79.9. The summed E-state index contributed by atoms with van der Waals surface area (Å²) in [5.74, 6) is -3.40. The monoisotopic (exact) mass is 1320 g/mol. The molecular weight excluding hydrogens is 1240 g/mol. The molecule has 1 aromatic rings. The molecule has 0 spiro atoms. The lowest BCUT2D eigenvalue weighted by atomic mass is 9.83. The Balaban J connectivity index is 1.55. The lowest BCUT2D eigenvalue weighted by Crippen LogP contribution is -2.63. The van der Waals surface area contributed by atoms with Crippen LogP contribution in [-0.4, -0.2) is 170 Å². The fourth-order valence-electron chi connectivity index (χ4n) is 9.87. The molecule has 4 bridgehead atoms. The number of unbranched alkanes of at least 4 members (excludes halogenated alkanes) is 2. The van der Waals surface area contributed by atoms with Crippen LogP contribution in [0.25, 0.3) is 0 Å². The molecule has 468 valence electrons.